The zero-order valence-electron chi connectivity index (χ0n) is 9.79. The molecule has 2 nitrogen and oxygen atoms in total. The van der Waals surface area contributed by atoms with E-state index in [9.17, 15) is 0 Å². The molecule has 0 saturated heterocycles. The van der Waals surface area contributed by atoms with Crippen molar-refractivity contribution in [3.8, 4) is 0 Å². The van der Waals surface area contributed by atoms with Gasteiger partial charge in [-0.05, 0) is 23.6 Å². The quantitative estimate of drug-likeness (QED) is 0.761. The van der Waals surface area contributed by atoms with Crippen LogP contribution in [0.15, 0.2) is 0 Å². The fourth-order valence-corrected chi connectivity index (χ4v) is 2.04. The maximum absolute atomic E-state index is 5.15. The molecular weight excluding hydrogens is 244 g/mol. The Kier molecular flexibility index (Phi) is 8.37. The van der Waals surface area contributed by atoms with Gasteiger partial charge in [-0.25, -0.2) is 0 Å². The third-order valence-electron chi connectivity index (χ3n) is 1.49. The summed E-state index contributed by atoms with van der Waals surface area (Å²) in [5.74, 6) is 1.20. The minimum absolute atomic E-state index is 0.598. The molecule has 15 heavy (non-hydrogen) atoms. The zero-order valence-corrected chi connectivity index (χ0v) is 12.2. The first-order valence-corrected chi connectivity index (χ1v) is 6.78. The number of thioether (sulfide) groups is 1. The van der Waals surface area contributed by atoms with Gasteiger partial charge in [0.15, 0.2) is 0 Å². The van der Waals surface area contributed by atoms with Crippen molar-refractivity contribution >= 4 is 44.8 Å². The van der Waals surface area contributed by atoms with E-state index in [2.05, 4.69) is 38.3 Å². The van der Waals surface area contributed by atoms with Gasteiger partial charge in [-0.2, -0.15) is 0 Å². The molecule has 2 N–H and O–H groups in total. The summed E-state index contributed by atoms with van der Waals surface area (Å²) < 4.78 is 1.51. The van der Waals surface area contributed by atoms with E-state index in [0.29, 0.717) is 11.8 Å². The predicted octanol–water partition coefficient (Wildman–Crippen LogP) is 2.78. The number of rotatable bonds is 4. The van der Waals surface area contributed by atoms with Gasteiger partial charge >= 0.3 is 0 Å². The SMILES string of the molecule is CC(C)CNC(=S)SC(=S)NCC(C)C. The third kappa shape index (κ3) is 10.4. The van der Waals surface area contributed by atoms with E-state index < -0.39 is 0 Å². The minimum atomic E-state index is 0.598. The number of hydrogen-bond acceptors (Lipinski definition) is 3. The summed E-state index contributed by atoms with van der Waals surface area (Å²) in [7, 11) is 0. The van der Waals surface area contributed by atoms with Gasteiger partial charge in [-0.3, -0.25) is 0 Å². The summed E-state index contributed by atoms with van der Waals surface area (Å²) in [5, 5.41) is 6.34. The molecule has 0 spiro atoms. The molecule has 0 heterocycles. The second-order valence-corrected chi connectivity index (χ2v) is 6.58. The Balaban J connectivity index is 3.63. The molecule has 88 valence electrons. The van der Waals surface area contributed by atoms with Crippen LogP contribution in [-0.2, 0) is 0 Å². The molecule has 0 radical (unpaired) electrons. The van der Waals surface area contributed by atoms with Crippen LogP contribution in [0.5, 0.6) is 0 Å². The van der Waals surface area contributed by atoms with E-state index in [1.54, 1.807) is 0 Å². The average molecular weight is 264 g/mol. The normalized spacial score (nSPS) is 10.5. The van der Waals surface area contributed by atoms with Gasteiger partial charge in [0.1, 0.15) is 8.64 Å². The maximum Gasteiger partial charge on any atom is 0.140 e. The fourth-order valence-electron chi connectivity index (χ4n) is 0.731. The molecule has 0 bridgehead atoms. The lowest BCUT2D eigenvalue weighted by atomic mass is 10.2. The second-order valence-electron chi connectivity index (χ2n) is 4.23. The Labute approximate surface area is 108 Å². The van der Waals surface area contributed by atoms with Gasteiger partial charge in [-0.15, -0.1) is 0 Å². The summed E-state index contributed by atoms with van der Waals surface area (Å²) in [5.41, 5.74) is 0. The van der Waals surface area contributed by atoms with E-state index in [1.165, 1.54) is 11.8 Å². The monoisotopic (exact) mass is 264 g/mol. The lowest BCUT2D eigenvalue weighted by Gasteiger charge is -2.12. The summed E-state index contributed by atoms with van der Waals surface area (Å²) in [6.07, 6.45) is 0. The average Bonchev–Trinajstić information content (AvgIpc) is 2.11. The van der Waals surface area contributed by atoms with Gasteiger partial charge in [0.2, 0.25) is 0 Å². The molecule has 0 aliphatic rings. The van der Waals surface area contributed by atoms with Crippen LogP contribution in [-0.4, -0.2) is 21.7 Å². The van der Waals surface area contributed by atoms with Crippen LogP contribution in [0.25, 0.3) is 0 Å². The van der Waals surface area contributed by atoms with E-state index in [4.69, 9.17) is 24.4 Å². The lowest BCUT2D eigenvalue weighted by molar-refractivity contribution is 0.629. The molecule has 0 unspecified atom stereocenters. The van der Waals surface area contributed by atoms with E-state index in [1.807, 2.05) is 0 Å². The van der Waals surface area contributed by atoms with Crippen molar-refractivity contribution in [2.24, 2.45) is 11.8 Å². The minimum Gasteiger partial charge on any atom is -0.370 e. The topological polar surface area (TPSA) is 24.1 Å². The Morgan fingerprint density at radius 2 is 1.27 bits per heavy atom. The van der Waals surface area contributed by atoms with Gasteiger partial charge in [0, 0.05) is 13.1 Å². The van der Waals surface area contributed by atoms with Crippen molar-refractivity contribution in [3.05, 3.63) is 0 Å². The van der Waals surface area contributed by atoms with Crippen molar-refractivity contribution < 1.29 is 0 Å². The van der Waals surface area contributed by atoms with Gasteiger partial charge < -0.3 is 10.6 Å². The summed E-state index contributed by atoms with van der Waals surface area (Å²) in [4.78, 5) is 0. The predicted molar refractivity (Wildman–Crippen MR) is 78.5 cm³/mol. The maximum atomic E-state index is 5.15. The van der Waals surface area contributed by atoms with Crippen molar-refractivity contribution in [2.75, 3.05) is 13.1 Å². The number of hydrogen-bond donors (Lipinski definition) is 2. The highest BCUT2D eigenvalue weighted by Crippen LogP contribution is 2.05. The van der Waals surface area contributed by atoms with E-state index in [-0.39, 0.29) is 0 Å². The van der Waals surface area contributed by atoms with Crippen LogP contribution >= 0.6 is 36.2 Å². The highest BCUT2D eigenvalue weighted by atomic mass is 32.2. The third-order valence-corrected chi connectivity index (χ3v) is 2.94. The van der Waals surface area contributed by atoms with Crippen molar-refractivity contribution in [1.82, 2.24) is 10.6 Å². The molecule has 0 saturated carbocycles. The lowest BCUT2D eigenvalue weighted by Crippen LogP contribution is -2.29. The molecule has 0 aromatic rings. The molecule has 0 atom stereocenters. The standard InChI is InChI=1S/C10H20N2S3/c1-7(2)5-11-9(13)15-10(14)12-6-8(3)4/h7-8H,5-6H2,1-4H3,(H,11,13)(H,12,14). The van der Waals surface area contributed by atoms with Crippen molar-refractivity contribution in [3.63, 3.8) is 0 Å². The Morgan fingerprint density at radius 3 is 1.53 bits per heavy atom. The van der Waals surface area contributed by atoms with Crippen LogP contribution in [0.4, 0.5) is 0 Å². The van der Waals surface area contributed by atoms with Gasteiger partial charge in [0.25, 0.3) is 0 Å². The molecule has 0 rings (SSSR count). The Morgan fingerprint density at radius 1 is 0.933 bits per heavy atom. The Bertz CT molecular complexity index is 193. The molecular formula is C10H20N2S3. The highest BCUT2D eigenvalue weighted by molar-refractivity contribution is 8.37. The van der Waals surface area contributed by atoms with Crippen LogP contribution in [0.1, 0.15) is 27.7 Å². The van der Waals surface area contributed by atoms with E-state index >= 15 is 0 Å². The zero-order chi connectivity index (χ0) is 11.8. The second kappa shape index (κ2) is 8.30. The van der Waals surface area contributed by atoms with Crippen molar-refractivity contribution in [2.45, 2.75) is 27.7 Å². The van der Waals surface area contributed by atoms with E-state index in [0.717, 1.165) is 21.7 Å². The number of thiocarbonyl (C=S) groups is 2. The molecule has 0 aromatic heterocycles. The van der Waals surface area contributed by atoms with Crippen LogP contribution in [0.2, 0.25) is 0 Å². The summed E-state index contributed by atoms with van der Waals surface area (Å²) in [6.45, 7) is 10.4. The molecule has 0 aromatic carbocycles. The smallest absolute Gasteiger partial charge is 0.140 e. The first-order valence-electron chi connectivity index (χ1n) is 5.15. The fraction of sp³-hybridized carbons (Fsp3) is 0.800. The van der Waals surface area contributed by atoms with Gasteiger partial charge in [-0.1, -0.05) is 52.1 Å². The van der Waals surface area contributed by atoms with Crippen LogP contribution in [0.3, 0.4) is 0 Å². The molecule has 0 aliphatic heterocycles. The van der Waals surface area contributed by atoms with Crippen molar-refractivity contribution in [1.29, 1.82) is 0 Å². The molecule has 0 fully saturated rings. The van der Waals surface area contributed by atoms with Crippen LogP contribution < -0.4 is 10.6 Å². The molecule has 0 amide bonds. The Hall–Kier alpha value is 0.130. The first kappa shape index (κ1) is 15.1. The van der Waals surface area contributed by atoms with Gasteiger partial charge in [0.05, 0.1) is 0 Å². The summed E-state index contributed by atoms with van der Waals surface area (Å²) in [6, 6.07) is 0. The summed E-state index contributed by atoms with van der Waals surface area (Å²) >= 11 is 11.7. The first-order chi connectivity index (χ1) is 6.91. The molecule has 5 heteroatoms. The highest BCUT2D eigenvalue weighted by Gasteiger charge is 2.04. The largest absolute Gasteiger partial charge is 0.370 e. The molecule has 0 aliphatic carbocycles. The number of nitrogens with one attached hydrogen (secondary N) is 2. The van der Waals surface area contributed by atoms with Crippen LogP contribution in [0, 0.1) is 11.8 Å².